The molecule has 1 N–H and O–H groups in total. The van der Waals surface area contributed by atoms with Gasteiger partial charge in [-0.25, -0.2) is 0 Å². The van der Waals surface area contributed by atoms with Gasteiger partial charge in [0.2, 0.25) is 0 Å². The average molecular weight is 419 g/mol. The quantitative estimate of drug-likeness (QED) is 0.389. The summed E-state index contributed by atoms with van der Waals surface area (Å²) in [6.45, 7) is 0.203. The van der Waals surface area contributed by atoms with Gasteiger partial charge in [0.1, 0.15) is 23.9 Å². The molecule has 0 fully saturated rings. The second-order valence-electron chi connectivity index (χ2n) is 5.75. The van der Waals surface area contributed by atoms with Crippen LogP contribution >= 0.6 is 23.2 Å². The molecule has 1 heterocycles. The van der Waals surface area contributed by atoms with Crippen LogP contribution in [0.15, 0.2) is 59.0 Å². The van der Waals surface area contributed by atoms with Crippen LogP contribution in [0.5, 0.6) is 17.2 Å². The molecule has 7 heteroatoms. The lowest BCUT2D eigenvalue weighted by atomic mass is 10.1. The smallest absolute Gasteiger partial charge is 0.186 e. The van der Waals surface area contributed by atoms with Crippen molar-refractivity contribution in [3.8, 4) is 17.2 Å². The van der Waals surface area contributed by atoms with E-state index in [0.29, 0.717) is 32.9 Å². The van der Waals surface area contributed by atoms with Gasteiger partial charge in [0.25, 0.3) is 0 Å². The number of carbonyl (C=O) groups is 1. The van der Waals surface area contributed by atoms with E-state index >= 15 is 0 Å². The Morgan fingerprint density at radius 2 is 1.93 bits per heavy atom. The second kappa shape index (κ2) is 8.87. The summed E-state index contributed by atoms with van der Waals surface area (Å²) < 4.78 is 16.2. The zero-order valence-corrected chi connectivity index (χ0v) is 16.3. The van der Waals surface area contributed by atoms with Crippen molar-refractivity contribution in [3.63, 3.8) is 0 Å². The summed E-state index contributed by atoms with van der Waals surface area (Å²) in [5, 5.41) is 10.5. The van der Waals surface area contributed by atoms with E-state index in [4.69, 9.17) is 37.1 Å². The maximum atomic E-state index is 12.3. The van der Waals surface area contributed by atoms with E-state index in [1.807, 2.05) is 0 Å². The highest BCUT2D eigenvalue weighted by Gasteiger charge is 2.08. The van der Waals surface area contributed by atoms with Crippen LogP contribution in [0.25, 0.3) is 6.08 Å². The Bertz CT molecular complexity index is 1020. The van der Waals surface area contributed by atoms with Crippen LogP contribution in [0.1, 0.15) is 21.9 Å². The monoisotopic (exact) mass is 418 g/mol. The number of furan rings is 1. The molecule has 5 nitrogen and oxygen atoms in total. The maximum absolute atomic E-state index is 12.3. The summed E-state index contributed by atoms with van der Waals surface area (Å²) in [7, 11) is 1.42. The van der Waals surface area contributed by atoms with Gasteiger partial charge in [-0.2, -0.15) is 0 Å². The lowest BCUT2D eigenvalue weighted by molar-refractivity contribution is 0.104. The summed E-state index contributed by atoms with van der Waals surface area (Å²) in [6.07, 6.45) is 2.94. The molecule has 0 aliphatic carbocycles. The van der Waals surface area contributed by atoms with Gasteiger partial charge in [0, 0.05) is 11.6 Å². The van der Waals surface area contributed by atoms with Gasteiger partial charge < -0.3 is 19.0 Å². The number of ketones is 1. The summed E-state index contributed by atoms with van der Waals surface area (Å²) in [4.78, 5) is 12.3. The third-order valence-electron chi connectivity index (χ3n) is 3.82. The van der Waals surface area contributed by atoms with Gasteiger partial charge in [0.15, 0.2) is 17.3 Å². The van der Waals surface area contributed by atoms with Crippen molar-refractivity contribution in [3.05, 3.63) is 81.7 Å². The molecule has 0 unspecified atom stereocenters. The number of rotatable bonds is 7. The molecule has 28 heavy (non-hydrogen) atoms. The van der Waals surface area contributed by atoms with Crippen molar-refractivity contribution in [2.75, 3.05) is 7.11 Å². The fourth-order valence-electron chi connectivity index (χ4n) is 2.37. The number of methoxy groups -OCH3 is 1. The van der Waals surface area contributed by atoms with Crippen molar-refractivity contribution < 1.29 is 23.8 Å². The number of carbonyl (C=O) groups excluding carboxylic acids is 1. The number of phenols is 1. The molecule has 3 aromatic rings. The normalized spacial score (nSPS) is 11.0. The second-order valence-corrected chi connectivity index (χ2v) is 6.57. The molecule has 0 saturated heterocycles. The van der Waals surface area contributed by atoms with E-state index in [0.717, 1.165) is 0 Å². The summed E-state index contributed by atoms with van der Waals surface area (Å²) in [5.74, 6) is 1.62. The van der Waals surface area contributed by atoms with E-state index < -0.39 is 0 Å². The van der Waals surface area contributed by atoms with Gasteiger partial charge in [0.05, 0.1) is 17.2 Å². The minimum atomic E-state index is -0.247. The molecule has 0 atom stereocenters. The predicted octanol–water partition coefficient (Wildman–Crippen LogP) is 5.78. The Balaban J connectivity index is 1.62. The number of ether oxygens (including phenoxy) is 2. The van der Waals surface area contributed by atoms with Crippen LogP contribution in [-0.2, 0) is 6.61 Å². The molecule has 2 aromatic carbocycles. The van der Waals surface area contributed by atoms with E-state index in [-0.39, 0.29) is 23.9 Å². The minimum absolute atomic E-state index is 0.0271. The van der Waals surface area contributed by atoms with Crippen molar-refractivity contribution >= 4 is 35.1 Å². The molecular weight excluding hydrogens is 403 g/mol. The van der Waals surface area contributed by atoms with Gasteiger partial charge in [-0.15, -0.1) is 0 Å². The Morgan fingerprint density at radius 1 is 1.11 bits per heavy atom. The van der Waals surface area contributed by atoms with Crippen LogP contribution in [0.4, 0.5) is 0 Å². The van der Waals surface area contributed by atoms with Gasteiger partial charge >= 0.3 is 0 Å². The third-order valence-corrected chi connectivity index (χ3v) is 4.56. The van der Waals surface area contributed by atoms with Crippen LogP contribution in [-0.4, -0.2) is 18.0 Å². The standard InChI is InChI=1S/C21H16Cl2O5/c1-26-21-10-13(2-8-20(21)25)19(24)9-6-14-3-4-16(28-14)12-27-15-5-7-17(22)18(23)11-15/h2-11,25H,12H2,1H3/b9-6+. The largest absolute Gasteiger partial charge is 0.504 e. The highest BCUT2D eigenvalue weighted by atomic mass is 35.5. The first-order valence-corrected chi connectivity index (χ1v) is 8.98. The summed E-state index contributed by atoms with van der Waals surface area (Å²) >= 11 is 11.8. The molecule has 1 aromatic heterocycles. The number of allylic oxidation sites excluding steroid dienone is 1. The van der Waals surface area contributed by atoms with Crippen LogP contribution < -0.4 is 9.47 Å². The molecule has 3 rings (SSSR count). The van der Waals surface area contributed by atoms with E-state index in [9.17, 15) is 9.90 Å². The molecule has 0 bridgehead atoms. The first-order valence-electron chi connectivity index (χ1n) is 8.22. The average Bonchev–Trinajstić information content (AvgIpc) is 3.15. The highest BCUT2D eigenvalue weighted by molar-refractivity contribution is 6.42. The SMILES string of the molecule is COc1cc(C(=O)/C=C/c2ccc(COc3ccc(Cl)c(Cl)c3)o2)ccc1O. The van der Waals surface area contributed by atoms with Crippen molar-refractivity contribution in [1.82, 2.24) is 0 Å². The van der Waals surface area contributed by atoms with E-state index in [1.54, 1.807) is 36.4 Å². The number of halogens is 2. The number of aromatic hydroxyl groups is 1. The molecular formula is C21H16Cl2O5. The fraction of sp³-hybridized carbons (Fsp3) is 0.0952. The third kappa shape index (κ3) is 4.88. The number of hydrogen-bond acceptors (Lipinski definition) is 5. The van der Waals surface area contributed by atoms with Crippen LogP contribution in [0.3, 0.4) is 0 Å². The Hall–Kier alpha value is -2.89. The summed E-state index contributed by atoms with van der Waals surface area (Å²) in [6, 6.07) is 12.9. The predicted molar refractivity (Wildman–Crippen MR) is 108 cm³/mol. The Morgan fingerprint density at radius 3 is 2.68 bits per heavy atom. The first-order chi connectivity index (χ1) is 13.5. The fourth-order valence-corrected chi connectivity index (χ4v) is 2.66. The topological polar surface area (TPSA) is 68.9 Å². The molecule has 0 aliphatic heterocycles. The van der Waals surface area contributed by atoms with E-state index in [1.165, 1.54) is 31.4 Å². The summed E-state index contributed by atoms with van der Waals surface area (Å²) in [5.41, 5.74) is 0.389. The van der Waals surface area contributed by atoms with E-state index in [2.05, 4.69) is 0 Å². The molecule has 0 aliphatic rings. The Labute approximate surface area is 171 Å². The highest BCUT2D eigenvalue weighted by Crippen LogP contribution is 2.28. The van der Waals surface area contributed by atoms with Gasteiger partial charge in [-0.1, -0.05) is 23.2 Å². The van der Waals surface area contributed by atoms with Crippen molar-refractivity contribution in [2.24, 2.45) is 0 Å². The number of phenolic OH excluding ortho intramolecular Hbond substituents is 1. The zero-order chi connectivity index (χ0) is 20.1. The molecule has 144 valence electrons. The molecule has 0 spiro atoms. The number of benzene rings is 2. The zero-order valence-electron chi connectivity index (χ0n) is 14.8. The van der Waals surface area contributed by atoms with Gasteiger partial charge in [-0.05, 0) is 54.6 Å². The van der Waals surface area contributed by atoms with Crippen molar-refractivity contribution in [2.45, 2.75) is 6.61 Å². The maximum Gasteiger partial charge on any atom is 0.186 e. The van der Waals surface area contributed by atoms with Crippen LogP contribution in [0.2, 0.25) is 10.0 Å². The molecule has 0 radical (unpaired) electrons. The van der Waals surface area contributed by atoms with Crippen molar-refractivity contribution in [1.29, 1.82) is 0 Å². The lowest BCUT2D eigenvalue weighted by Crippen LogP contribution is -1.95. The minimum Gasteiger partial charge on any atom is -0.504 e. The Kier molecular flexibility index (Phi) is 6.29. The lowest BCUT2D eigenvalue weighted by Gasteiger charge is -2.05. The number of hydrogen-bond donors (Lipinski definition) is 1. The molecule has 0 saturated carbocycles. The first kappa shape index (κ1) is 19.9. The van der Waals surface area contributed by atoms with Gasteiger partial charge in [-0.3, -0.25) is 4.79 Å². The van der Waals surface area contributed by atoms with Crippen LogP contribution in [0, 0.1) is 0 Å². The molecule has 0 amide bonds.